The first kappa shape index (κ1) is 36.5. The number of hydrogen-bond donors (Lipinski definition) is 1. The summed E-state index contributed by atoms with van der Waals surface area (Å²) in [7, 11) is 0. The summed E-state index contributed by atoms with van der Waals surface area (Å²) < 4.78 is 2.46. The third-order valence-corrected chi connectivity index (χ3v) is 13.6. The van der Waals surface area contributed by atoms with Gasteiger partial charge in [0.1, 0.15) is 0 Å². The van der Waals surface area contributed by atoms with Crippen LogP contribution >= 0.6 is 0 Å². The van der Waals surface area contributed by atoms with E-state index in [9.17, 15) is 0 Å². The fraction of sp³-hybridized carbons (Fsp3) is 0.119. The Morgan fingerprint density at radius 3 is 2.11 bits per heavy atom. The average molecular weight is 798 g/mol. The number of para-hydroxylation sites is 3. The molecule has 0 amide bonds. The van der Waals surface area contributed by atoms with Gasteiger partial charge in [-0.05, 0) is 107 Å². The van der Waals surface area contributed by atoms with E-state index in [-0.39, 0.29) is 12.1 Å². The fourth-order valence-electron chi connectivity index (χ4n) is 10.7. The first-order valence-corrected chi connectivity index (χ1v) is 22.2. The molecule has 62 heavy (non-hydrogen) atoms. The minimum Gasteiger partial charge on any atom is -0.378 e. The molecule has 0 bridgehead atoms. The molecule has 0 spiro atoms. The number of nitrogens with zero attached hydrogens (tertiary/aromatic N) is 2. The van der Waals surface area contributed by atoms with Gasteiger partial charge in [-0.25, -0.2) is 0 Å². The van der Waals surface area contributed by atoms with Crippen molar-refractivity contribution in [3.8, 4) is 27.9 Å². The van der Waals surface area contributed by atoms with Crippen LogP contribution in [0.2, 0.25) is 0 Å². The largest absolute Gasteiger partial charge is 0.378 e. The van der Waals surface area contributed by atoms with Gasteiger partial charge >= 0.3 is 0 Å². The second-order valence-corrected chi connectivity index (χ2v) is 17.2. The number of hydrogen-bond acceptors (Lipinski definition) is 2. The van der Waals surface area contributed by atoms with E-state index in [1.54, 1.807) is 0 Å². The topological polar surface area (TPSA) is 20.2 Å². The normalized spacial score (nSPS) is 20.2. The predicted molar refractivity (Wildman–Crippen MR) is 261 cm³/mol. The van der Waals surface area contributed by atoms with Crippen LogP contribution in [0.25, 0.3) is 61.0 Å². The van der Waals surface area contributed by atoms with Crippen LogP contribution in [0.5, 0.6) is 0 Å². The van der Waals surface area contributed by atoms with Crippen LogP contribution in [0.4, 0.5) is 11.4 Å². The molecular weight excluding hydrogens is 751 g/mol. The zero-order chi connectivity index (χ0) is 41.0. The van der Waals surface area contributed by atoms with E-state index >= 15 is 0 Å². The molecule has 0 fully saturated rings. The Labute approximate surface area is 364 Å². The molecule has 0 saturated carbocycles. The summed E-state index contributed by atoms with van der Waals surface area (Å²) in [4.78, 5) is 2.55. The van der Waals surface area contributed by atoms with Crippen molar-refractivity contribution in [1.29, 1.82) is 0 Å². The highest BCUT2D eigenvalue weighted by Gasteiger charge is 2.39. The molecule has 298 valence electrons. The first-order chi connectivity index (χ1) is 30.8. The monoisotopic (exact) mass is 797 g/mol. The van der Waals surface area contributed by atoms with Crippen LogP contribution in [0.15, 0.2) is 218 Å². The van der Waals surface area contributed by atoms with Crippen LogP contribution in [0.1, 0.15) is 41.9 Å². The van der Waals surface area contributed by atoms with Crippen molar-refractivity contribution < 1.29 is 0 Å². The molecule has 7 aromatic carbocycles. The van der Waals surface area contributed by atoms with Gasteiger partial charge in [0.25, 0.3) is 0 Å². The molecular formula is C59H47N3. The minimum absolute atomic E-state index is 0.238. The molecule has 3 nitrogen and oxygen atoms in total. The number of allylic oxidation sites excluding steroid dienone is 6. The van der Waals surface area contributed by atoms with Gasteiger partial charge in [-0.15, -0.1) is 0 Å². The van der Waals surface area contributed by atoms with Gasteiger partial charge in [-0.3, -0.25) is 0 Å². The standard InChI is InChI=1S/C59H47N3/c1-4-18-40(19-5-1)44-38-54(41-20-6-2-7-21-41)60-55(39-44)49-27-11-10-26-47(49)43-34-35-58-53(37-43)51-29-13-14-32-56(51)61(58)46-25-16-22-42(36-46)48-30-17-31-52-50-28-12-15-33-57(50)62(59(48)52)45-23-8-3-9-24-45/h1-6,8-19,22-39,41,50,54,57,60H,7,20-21H2. The maximum Gasteiger partial charge on any atom is 0.0629 e. The van der Waals surface area contributed by atoms with E-state index in [4.69, 9.17) is 0 Å². The number of anilines is 2. The Balaban J connectivity index is 0.962. The molecule has 1 aromatic heterocycles. The Hall–Kier alpha value is -7.36. The van der Waals surface area contributed by atoms with E-state index in [0.29, 0.717) is 11.8 Å². The number of aromatic nitrogens is 1. The highest BCUT2D eigenvalue weighted by Crippen LogP contribution is 2.52. The van der Waals surface area contributed by atoms with Gasteiger partial charge in [0.05, 0.1) is 22.8 Å². The van der Waals surface area contributed by atoms with Crippen LogP contribution in [-0.4, -0.2) is 16.7 Å². The van der Waals surface area contributed by atoms with Gasteiger partial charge in [-0.1, -0.05) is 170 Å². The van der Waals surface area contributed by atoms with Gasteiger partial charge in [0.15, 0.2) is 0 Å². The van der Waals surface area contributed by atoms with Crippen LogP contribution in [0, 0.1) is 5.92 Å². The highest BCUT2D eigenvalue weighted by molar-refractivity contribution is 6.11. The summed E-state index contributed by atoms with van der Waals surface area (Å²) in [6.07, 6.45) is 22.1. The van der Waals surface area contributed by atoms with E-state index in [1.807, 2.05) is 0 Å². The number of benzene rings is 7. The zero-order valence-electron chi connectivity index (χ0n) is 34.6. The molecule has 1 N–H and O–H groups in total. The highest BCUT2D eigenvalue weighted by atomic mass is 15.2. The number of rotatable bonds is 7. The zero-order valence-corrected chi connectivity index (χ0v) is 34.6. The Morgan fingerprint density at radius 2 is 1.24 bits per heavy atom. The first-order valence-electron chi connectivity index (χ1n) is 22.2. The Bertz CT molecular complexity index is 3160. The fourth-order valence-corrected chi connectivity index (χ4v) is 10.7. The summed E-state index contributed by atoms with van der Waals surface area (Å²) in [5.74, 6) is 0.859. The number of nitrogens with one attached hydrogen (secondary N) is 1. The van der Waals surface area contributed by atoms with Gasteiger partial charge in [-0.2, -0.15) is 0 Å². The van der Waals surface area contributed by atoms with Crippen molar-refractivity contribution in [2.24, 2.45) is 5.92 Å². The minimum atomic E-state index is 0.238. The molecule has 8 aromatic rings. The van der Waals surface area contributed by atoms with E-state index in [1.165, 1.54) is 89.8 Å². The lowest BCUT2D eigenvalue weighted by Gasteiger charge is -2.32. The summed E-state index contributed by atoms with van der Waals surface area (Å²) in [6.45, 7) is 0. The van der Waals surface area contributed by atoms with Crippen LogP contribution in [0.3, 0.4) is 0 Å². The smallest absolute Gasteiger partial charge is 0.0629 e. The van der Waals surface area contributed by atoms with Crippen molar-refractivity contribution in [2.75, 3.05) is 4.90 Å². The van der Waals surface area contributed by atoms with Crippen molar-refractivity contribution >= 4 is 44.5 Å². The van der Waals surface area contributed by atoms with Crippen LogP contribution < -0.4 is 10.2 Å². The quantitative estimate of drug-likeness (QED) is 0.162. The van der Waals surface area contributed by atoms with Crippen molar-refractivity contribution in [3.63, 3.8) is 0 Å². The predicted octanol–water partition coefficient (Wildman–Crippen LogP) is 14.6. The second-order valence-electron chi connectivity index (χ2n) is 17.2. The average Bonchev–Trinajstić information content (AvgIpc) is 3.87. The summed E-state index contributed by atoms with van der Waals surface area (Å²) >= 11 is 0. The SMILES string of the molecule is C1=CC2c3cccc(-c4cccc(-n5c6ccccc6c6cc(-c7ccccc7C7=CC(c8ccccc8)=CC(C8CC=CCC8)N7)ccc65)c4)c3N(c3ccccc3)C2C=C1. The van der Waals surface area contributed by atoms with Crippen molar-refractivity contribution in [1.82, 2.24) is 9.88 Å². The second kappa shape index (κ2) is 15.3. The molecule has 2 aliphatic carbocycles. The molecule has 0 radical (unpaired) electrons. The van der Waals surface area contributed by atoms with Gasteiger partial charge in [0.2, 0.25) is 0 Å². The molecule has 4 atom stereocenters. The molecule has 3 heterocycles. The van der Waals surface area contributed by atoms with Crippen molar-refractivity contribution in [2.45, 2.75) is 37.3 Å². The Kier molecular flexibility index (Phi) is 8.99. The molecule has 4 unspecified atom stereocenters. The molecule has 12 rings (SSSR count). The van der Waals surface area contributed by atoms with E-state index in [2.05, 4.69) is 233 Å². The molecule has 0 saturated heterocycles. The molecule has 3 heteroatoms. The molecule has 2 aliphatic heterocycles. The molecule has 4 aliphatic rings. The Morgan fingerprint density at radius 1 is 0.532 bits per heavy atom. The number of fused-ring (bicyclic) bond motifs is 6. The van der Waals surface area contributed by atoms with E-state index in [0.717, 1.165) is 18.5 Å². The summed E-state index contributed by atoms with van der Waals surface area (Å²) in [6, 6.07) is 63.2. The van der Waals surface area contributed by atoms with Crippen molar-refractivity contribution in [3.05, 3.63) is 235 Å². The summed E-state index contributed by atoms with van der Waals surface area (Å²) in [5.41, 5.74) is 17.3. The lowest BCUT2D eigenvalue weighted by Crippen LogP contribution is -2.36. The van der Waals surface area contributed by atoms with Gasteiger partial charge in [0, 0.05) is 50.9 Å². The lowest BCUT2D eigenvalue weighted by atomic mass is 9.83. The van der Waals surface area contributed by atoms with Crippen LogP contribution in [-0.2, 0) is 0 Å². The third kappa shape index (κ3) is 6.19. The van der Waals surface area contributed by atoms with Gasteiger partial charge < -0.3 is 14.8 Å². The third-order valence-electron chi connectivity index (χ3n) is 13.6. The lowest BCUT2D eigenvalue weighted by molar-refractivity contribution is 0.407. The van der Waals surface area contributed by atoms with E-state index < -0.39 is 0 Å². The maximum atomic E-state index is 4.04. The number of dihydropyridines is 1. The summed E-state index contributed by atoms with van der Waals surface area (Å²) in [5, 5.41) is 6.54. The maximum absolute atomic E-state index is 4.04.